The Kier molecular flexibility index (Phi) is 3.54. The second kappa shape index (κ2) is 5.48. The van der Waals surface area contributed by atoms with Crippen molar-refractivity contribution < 1.29 is 0 Å². The Bertz CT molecular complexity index is 530. The first-order chi connectivity index (χ1) is 9.35. The molecular formula is C12H19N7. The Morgan fingerprint density at radius 3 is 2.95 bits per heavy atom. The highest BCUT2D eigenvalue weighted by atomic mass is 15.6. The molecule has 0 bridgehead atoms. The van der Waals surface area contributed by atoms with Crippen molar-refractivity contribution in [3.8, 4) is 0 Å². The third-order valence-corrected chi connectivity index (χ3v) is 3.80. The predicted octanol–water partition coefficient (Wildman–Crippen LogP) is 0.663. The Hall–Kier alpha value is -1.76. The molecule has 3 heterocycles. The first kappa shape index (κ1) is 12.3. The highest BCUT2D eigenvalue weighted by molar-refractivity contribution is 5.42. The van der Waals surface area contributed by atoms with E-state index in [4.69, 9.17) is 0 Å². The number of nitrogens with zero attached hydrogens (tertiary/aromatic N) is 6. The lowest BCUT2D eigenvalue weighted by molar-refractivity contribution is 0.198. The number of nitrogens with one attached hydrogen (secondary N) is 1. The summed E-state index contributed by atoms with van der Waals surface area (Å²) in [6.07, 6.45) is 2.52. The number of fused-ring (bicyclic) bond motifs is 1. The fourth-order valence-electron chi connectivity index (χ4n) is 2.50. The van der Waals surface area contributed by atoms with Crippen LogP contribution >= 0.6 is 0 Å². The highest BCUT2D eigenvalue weighted by Gasteiger charge is 2.17. The maximum Gasteiger partial charge on any atom is 0.200 e. The second-order valence-corrected chi connectivity index (χ2v) is 5.00. The van der Waals surface area contributed by atoms with Gasteiger partial charge in [0, 0.05) is 6.54 Å². The fourth-order valence-corrected chi connectivity index (χ4v) is 2.50. The number of aromatic nitrogens is 5. The van der Waals surface area contributed by atoms with Crippen LogP contribution in [0.4, 0.5) is 5.82 Å². The van der Waals surface area contributed by atoms with Crippen molar-refractivity contribution >= 4 is 11.5 Å². The third kappa shape index (κ3) is 2.81. The van der Waals surface area contributed by atoms with Gasteiger partial charge < -0.3 is 10.2 Å². The van der Waals surface area contributed by atoms with E-state index < -0.39 is 0 Å². The molecule has 7 heteroatoms. The van der Waals surface area contributed by atoms with Crippen molar-refractivity contribution in [1.29, 1.82) is 0 Å². The molecule has 2 aromatic rings. The zero-order valence-corrected chi connectivity index (χ0v) is 11.2. The van der Waals surface area contributed by atoms with Gasteiger partial charge in [-0.2, -0.15) is 0 Å². The molecule has 0 unspecified atom stereocenters. The minimum Gasteiger partial charge on any atom is -0.368 e. The number of anilines is 1. The minimum absolute atomic E-state index is 0.668. The molecule has 7 nitrogen and oxygen atoms in total. The molecule has 102 valence electrons. The van der Waals surface area contributed by atoms with Crippen molar-refractivity contribution in [2.75, 3.05) is 31.5 Å². The molecule has 19 heavy (non-hydrogen) atoms. The molecule has 0 spiro atoms. The Balaban J connectivity index is 1.54. The van der Waals surface area contributed by atoms with Crippen LogP contribution in [-0.2, 0) is 0 Å². The average molecular weight is 261 g/mol. The highest BCUT2D eigenvalue weighted by Crippen LogP contribution is 2.17. The predicted molar refractivity (Wildman–Crippen MR) is 71.9 cm³/mol. The van der Waals surface area contributed by atoms with Gasteiger partial charge in [-0.1, -0.05) is 6.92 Å². The number of likely N-dealkylation sites (tertiary alicyclic amines) is 1. The summed E-state index contributed by atoms with van der Waals surface area (Å²) in [5.74, 6) is 1.56. The monoisotopic (exact) mass is 261 g/mol. The molecule has 0 atom stereocenters. The summed E-state index contributed by atoms with van der Waals surface area (Å²) in [5.41, 5.74) is 0.668. The topological polar surface area (TPSA) is 71.2 Å². The summed E-state index contributed by atoms with van der Waals surface area (Å²) >= 11 is 0. The smallest absolute Gasteiger partial charge is 0.200 e. The van der Waals surface area contributed by atoms with Gasteiger partial charge >= 0.3 is 0 Å². The van der Waals surface area contributed by atoms with E-state index in [-0.39, 0.29) is 0 Å². The molecule has 1 aliphatic heterocycles. The molecule has 0 aromatic carbocycles. The molecule has 1 aliphatic rings. The fraction of sp³-hybridized carbons (Fsp3) is 0.667. The van der Waals surface area contributed by atoms with E-state index in [1.54, 1.807) is 0 Å². The van der Waals surface area contributed by atoms with Gasteiger partial charge in [-0.05, 0) is 61.0 Å². The van der Waals surface area contributed by atoms with Crippen molar-refractivity contribution in [3.05, 3.63) is 12.1 Å². The molecule has 0 aliphatic carbocycles. The lowest BCUT2D eigenvalue weighted by Gasteiger charge is -2.31. The first-order valence-corrected chi connectivity index (χ1v) is 6.87. The van der Waals surface area contributed by atoms with Crippen molar-refractivity contribution in [3.63, 3.8) is 0 Å². The van der Waals surface area contributed by atoms with E-state index >= 15 is 0 Å². The van der Waals surface area contributed by atoms with E-state index in [2.05, 4.69) is 37.8 Å². The lowest BCUT2D eigenvalue weighted by atomic mass is 9.97. The zero-order chi connectivity index (χ0) is 13.1. The number of tetrazole rings is 1. The van der Waals surface area contributed by atoms with Gasteiger partial charge in [0.15, 0.2) is 5.65 Å². The van der Waals surface area contributed by atoms with Gasteiger partial charge in [0.2, 0.25) is 0 Å². The van der Waals surface area contributed by atoms with Crippen LogP contribution in [0.3, 0.4) is 0 Å². The van der Waals surface area contributed by atoms with Gasteiger partial charge in [0.05, 0.1) is 0 Å². The molecule has 0 amide bonds. The molecular weight excluding hydrogens is 242 g/mol. The number of hydrogen-bond donors (Lipinski definition) is 1. The summed E-state index contributed by atoms with van der Waals surface area (Å²) in [7, 11) is 0. The Morgan fingerprint density at radius 2 is 2.16 bits per heavy atom. The van der Waals surface area contributed by atoms with E-state index in [1.165, 1.54) is 30.6 Å². The minimum atomic E-state index is 0.668. The number of piperidine rings is 1. The van der Waals surface area contributed by atoms with Crippen LogP contribution in [0.2, 0.25) is 0 Å². The SMILES string of the molecule is CCN1CCC(CNc2ccc3nnnn3n2)CC1. The maximum absolute atomic E-state index is 4.31. The quantitative estimate of drug-likeness (QED) is 0.872. The van der Waals surface area contributed by atoms with Gasteiger partial charge in [0.1, 0.15) is 5.82 Å². The molecule has 2 aromatic heterocycles. The maximum atomic E-state index is 4.31. The number of hydrogen-bond acceptors (Lipinski definition) is 6. The summed E-state index contributed by atoms with van der Waals surface area (Å²) in [6, 6.07) is 3.79. The number of rotatable bonds is 4. The van der Waals surface area contributed by atoms with E-state index in [0.717, 1.165) is 24.8 Å². The third-order valence-electron chi connectivity index (χ3n) is 3.80. The zero-order valence-electron chi connectivity index (χ0n) is 11.2. The first-order valence-electron chi connectivity index (χ1n) is 6.87. The van der Waals surface area contributed by atoms with Gasteiger partial charge in [-0.15, -0.1) is 14.8 Å². The van der Waals surface area contributed by atoms with Crippen molar-refractivity contribution in [2.24, 2.45) is 5.92 Å². The van der Waals surface area contributed by atoms with Crippen LogP contribution in [0.25, 0.3) is 5.65 Å². The van der Waals surface area contributed by atoms with Crippen LogP contribution < -0.4 is 5.32 Å². The molecule has 0 radical (unpaired) electrons. The lowest BCUT2D eigenvalue weighted by Crippen LogP contribution is -2.35. The molecule has 1 saturated heterocycles. The van der Waals surface area contributed by atoms with Crippen molar-refractivity contribution in [2.45, 2.75) is 19.8 Å². The van der Waals surface area contributed by atoms with E-state index in [1.807, 2.05) is 12.1 Å². The van der Waals surface area contributed by atoms with Gasteiger partial charge in [-0.25, -0.2) is 0 Å². The van der Waals surface area contributed by atoms with Gasteiger partial charge in [0.25, 0.3) is 0 Å². The summed E-state index contributed by atoms with van der Waals surface area (Å²) in [6.45, 7) is 6.78. The summed E-state index contributed by atoms with van der Waals surface area (Å²) in [4.78, 5) is 2.50. The summed E-state index contributed by atoms with van der Waals surface area (Å²) < 4.78 is 1.45. The summed E-state index contributed by atoms with van der Waals surface area (Å²) in [5, 5.41) is 18.9. The van der Waals surface area contributed by atoms with Crippen LogP contribution in [0, 0.1) is 5.92 Å². The Morgan fingerprint density at radius 1 is 1.32 bits per heavy atom. The standard InChI is InChI=1S/C12H19N7/c1-2-18-7-5-10(6-8-18)9-13-11-3-4-12-14-16-17-19(12)15-11/h3-4,10H,2,5-9H2,1H3,(H,13,15). The molecule has 1 fully saturated rings. The van der Waals surface area contributed by atoms with E-state index in [9.17, 15) is 0 Å². The molecule has 1 N–H and O–H groups in total. The second-order valence-electron chi connectivity index (χ2n) is 5.00. The van der Waals surface area contributed by atoms with Crippen LogP contribution in [0.5, 0.6) is 0 Å². The Labute approximate surface area is 112 Å². The van der Waals surface area contributed by atoms with Crippen LogP contribution in [0.15, 0.2) is 12.1 Å². The normalized spacial score (nSPS) is 17.9. The largest absolute Gasteiger partial charge is 0.368 e. The van der Waals surface area contributed by atoms with Crippen LogP contribution in [-0.4, -0.2) is 56.3 Å². The molecule has 3 rings (SSSR count). The van der Waals surface area contributed by atoms with Crippen molar-refractivity contribution in [1.82, 2.24) is 30.2 Å². The van der Waals surface area contributed by atoms with Crippen LogP contribution in [0.1, 0.15) is 19.8 Å². The van der Waals surface area contributed by atoms with E-state index in [0.29, 0.717) is 5.65 Å². The van der Waals surface area contributed by atoms with Gasteiger partial charge in [-0.3, -0.25) is 0 Å². The average Bonchev–Trinajstić information content (AvgIpc) is 2.93. The molecule has 0 saturated carbocycles.